The summed E-state index contributed by atoms with van der Waals surface area (Å²) in [6.45, 7) is 4.27. The molecule has 84 valence electrons. The molecule has 0 amide bonds. The Labute approximate surface area is 91.4 Å². The predicted octanol–water partition coefficient (Wildman–Crippen LogP) is 1.85. The lowest BCUT2D eigenvalue weighted by Gasteiger charge is -2.24. The van der Waals surface area contributed by atoms with E-state index in [2.05, 4.69) is 23.2 Å². The van der Waals surface area contributed by atoms with Crippen LogP contribution in [0.3, 0.4) is 0 Å². The Morgan fingerprint density at radius 1 is 1.60 bits per heavy atom. The summed E-state index contributed by atoms with van der Waals surface area (Å²) >= 11 is 0. The van der Waals surface area contributed by atoms with Gasteiger partial charge in [-0.05, 0) is 38.9 Å². The average Bonchev–Trinajstić information content (AvgIpc) is 2.97. The van der Waals surface area contributed by atoms with Crippen molar-refractivity contribution in [2.45, 2.75) is 38.4 Å². The highest BCUT2D eigenvalue weighted by Crippen LogP contribution is 2.28. The third-order valence-corrected chi connectivity index (χ3v) is 3.00. The molecule has 0 aromatic carbocycles. The van der Waals surface area contributed by atoms with Crippen molar-refractivity contribution < 1.29 is 4.42 Å². The molecule has 1 unspecified atom stereocenters. The summed E-state index contributed by atoms with van der Waals surface area (Å²) in [5.41, 5.74) is 0. The van der Waals surface area contributed by atoms with Gasteiger partial charge in [0.05, 0.1) is 12.8 Å². The van der Waals surface area contributed by atoms with Crippen LogP contribution in [0.5, 0.6) is 0 Å². The molecule has 15 heavy (non-hydrogen) atoms. The smallest absolute Gasteiger partial charge is 0.117 e. The van der Waals surface area contributed by atoms with Gasteiger partial charge in [-0.1, -0.05) is 0 Å². The number of nitrogens with one attached hydrogen (secondary N) is 1. The lowest BCUT2D eigenvalue weighted by Crippen LogP contribution is -2.38. The van der Waals surface area contributed by atoms with Gasteiger partial charge in [0, 0.05) is 18.6 Å². The minimum absolute atomic E-state index is 0.542. The molecular formula is C12H20N2O. The van der Waals surface area contributed by atoms with Gasteiger partial charge in [0.25, 0.3) is 0 Å². The van der Waals surface area contributed by atoms with Crippen molar-refractivity contribution >= 4 is 0 Å². The SMILES string of the molecule is CNC(C)CN(Cc1ccco1)C1CC1. The Hall–Kier alpha value is -0.800. The third-order valence-electron chi connectivity index (χ3n) is 3.00. The zero-order valence-electron chi connectivity index (χ0n) is 9.57. The van der Waals surface area contributed by atoms with Gasteiger partial charge in [-0.2, -0.15) is 0 Å². The van der Waals surface area contributed by atoms with Gasteiger partial charge in [0.1, 0.15) is 5.76 Å². The molecule has 1 aromatic rings. The lowest BCUT2D eigenvalue weighted by molar-refractivity contribution is 0.215. The molecule has 1 heterocycles. The molecule has 3 nitrogen and oxygen atoms in total. The summed E-state index contributed by atoms with van der Waals surface area (Å²) in [5, 5.41) is 3.29. The van der Waals surface area contributed by atoms with Crippen LogP contribution >= 0.6 is 0 Å². The summed E-state index contributed by atoms with van der Waals surface area (Å²) < 4.78 is 5.40. The molecule has 1 aliphatic rings. The van der Waals surface area contributed by atoms with Gasteiger partial charge in [0.15, 0.2) is 0 Å². The van der Waals surface area contributed by atoms with E-state index < -0.39 is 0 Å². The van der Waals surface area contributed by atoms with Crippen LogP contribution in [0.4, 0.5) is 0 Å². The van der Waals surface area contributed by atoms with E-state index >= 15 is 0 Å². The Morgan fingerprint density at radius 2 is 2.40 bits per heavy atom. The highest BCUT2D eigenvalue weighted by Gasteiger charge is 2.29. The van der Waals surface area contributed by atoms with Crippen molar-refractivity contribution in [3.63, 3.8) is 0 Å². The van der Waals surface area contributed by atoms with Crippen molar-refractivity contribution in [1.29, 1.82) is 0 Å². The van der Waals surface area contributed by atoms with Crippen molar-refractivity contribution in [2.24, 2.45) is 0 Å². The summed E-state index contributed by atoms with van der Waals surface area (Å²) in [6.07, 6.45) is 4.44. The monoisotopic (exact) mass is 208 g/mol. The molecule has 1 N–H and O–H groups in total. The van der Waals surface area contributed by atoms with Crippen LogP contribution in [0, 0.1) is 0 Å². The Balaban J connectivity index is 1.88. The van der Waals surface area contributed by atoms with Gasteiger partial charge >= 0.3 is 0 Å². The van der Waals surface area contributed by atoms with Gasteiger partial charge in [-0.3, -0.25) is 4.90 Å². The summed E-state index contributed by atoms with van der Waals surface area (Å²) in [7, 11) is 2.02. The first kappa shape index (κ1) is 10.7. The Morgan fingerprint density at radius 3 is 2.93 bits per heavy atom. The maximum Gasteiger partial charge on any atom is 0.117 e. The van der Waals surface area contributed by atoms with E-state index in [1.54, 1.807) is 6.26 Å². The molecular weight excluding hydrogens is 188 g/mol. The summed E-state index contributed by atoms with van der Waals surface area (Å²) in [6, 6.07) is 5.34. The Bertz CT molecular complexity index is 280. The van der Waals surface area contributed by atoms with E-state index in [1.807, 2.05) is 13.1 Å². The maximum absolute atomic E-state index is 5.40. The maximum atomic E-state index is 5.40. The zero-order chi connectivity index (χ0) is 10.7. The predicted molar refractivity (Wildman–Crippen MR) is 60.7 cm³/mol. The minimum atomic E-state index is 0.542. The second kappa shape index (κ2) is 4.81. The molecule has 1 aliphatic carbocycles. The molecule has 0 radical (unpaired) electrons. The molecule has 2 rings (SSSR count). The molecule has 0 bridgehead atoms. The number of furan rings is 1. The van der Waals surface area contributed by atoms with Gasteiger partial charge < -0.3 is 9.73 Å². The number of rotatable bonds is 6. The fourth-order valence-corrected chi connectivity index (χ4v) is 1.83. The summed E-state index contributed by atoms with van der Waals surface area (Å²) in [5.74, 6) is 1.07. The van der Waals surface area contributed by atoms with E-state index in [1.165, 1.54) is 12.8 Å². The van der Waals surface area contributed by atoms with Crippen molar-refractivity contribution in [2.75, 3.05) is 13.6 Å². The fraction of sp³-hybridized carbons (Fsp3) is 0.667. The number of hydrogen-bond acceptors (Lipinski definition) is 3. The van der Waals surface area contributed by atoms with E-state index in [0.29, 0.717) is 6.04 Å². The average molecular weight is 208 g/mol. The number of likely N-dealkylation sites (N-methyl/N-ethyl adjacent to an activating group) is 1. The van der Waals surface area contributed by atoms with Crippen LogP contribution < -0.4 is 5.32 Å². The molecule has 0 saturated heterocycles. The first-order chi connectivity index (χ1) is 7.29. The van der Waals surface area contributed by atoms with E-state index in [0.717, 1.165) is 24.9 Å². The molecule has 0 aliphatic heterocycles. The van der Waals surface area contributed by atoms with E-state index in [4.69, 9.17) is 4.42 Å². The zero-order valence-corrected chi connectivity index (χ0v) is 9.57. The Kier molecular flexibility index (Phi) is 3.44. The third kappa shape index (κ3) is 3.08. The van der Waals surface area contributed by atoms with Crippen LogP contribution in [0.25, 0.3) is 0 Å². The van der Waals surface area contributed by atoms with E-state index in [-0.39, 0.29) is 0 Å². The highest BCUT2D eigenvalue weighted by atomic mass is 16.3. The minimum Gasteiger partial charge on any atom is -0.468 e. The number of hydrogen-bond donors (Lipinski definition) is 1. The van der Waals surface area contributed by atoms with Gasteiger partial charge in [0.2, 0.25) is 0 Å². The van der Waals surface area contributed by atoms with Crippen molar-refractivity contribution in [3.05, 3.63) is 24.2 Å². The second-order valence-electron chi connectivity index (χ2n) is 4.43. The van der Waals surface area contributed by atoms with Crippen molar-refractivity contribution in [1.82, 2.24) is 10.2 Å². The van der Waals surface area contributed by atoms with Crippen LogP contribution in [0.1, 0.15) is 25.5 Å². The highest BCUT2D eigenvalue weighted by molar-refractivity contribution is 5.00. The van der Waals surface area contributed by atoms with Gasteiger partial charge in [-0.15, -0.1) is 0 Å². The molecule has 1 fully saturated rings. The second-order valence-corrected chi connectivity index (χ2v) is 4.43. The molecule has 1 atom stereocenters. The fourth-order valence-electron chi connectivity index (χ4n) is 1.83. The van der Waals surface area contributed by atoms with Crippen LogP contribution in [0.15, 0.2) is 22.8 Å². The van der Waals surface area contributed by atoms with Crippen LogP contribution in [-0.2, 0) is 6.54 Å². The summed E-state index contributed by atoms with van der Waals surface area (Å²) in [4.78, 5) is 2.51. The lowest BCUT2D eigenvalue weighted by atomic mass is 10.3. The first-order valence-electron chi connectivity index (χ1n) is 5.73. The first-order valence-corrected chi connectivity index (χ1v) is 5.73. The van der Waals surface area contributed by atoms with Crippen LogP contribution in [-0.4, -0.2) is 30.6 Å². The normalized spacial score (nSPS) is 18.3. The quantitative estimate of drug-likeness (QED) is 0.773. The molecule has 3 heteroatoms. The molecule has 0 spiro atoms. The van der Waals surface area contributed by atoms with Gasteiger partial charge in [-0.25, -0.2) is 0 Å². The standard InChI is InChI=1S/C12H20N2O/c1-10(13-2)8-14(11-5-6-11)9-12-4-3-7-15-12/h3-4,7,10-11,13H,5-6,8-9H2,1-2H3. The molecule has 1 aromatic heterocycles. The number of nitrogens with zero attached hydrogens (tertiary/aromatic N) is 1. The van der Waals surface area contributed by atoms with Crippen LogP contribution in [0.2, 0.25) is 0 Å². The largest absolute Gasteiger partial charge is 0.468 e. The molecule has 1 saturated carbocycles. The van der Waals surface area contributed by atoms with Crippen molar-refractivity contribution in [3.8, 4) is 0 Å². The van der Waals surface area contributed by atoms with E-state index in [9.17, 15) is 0 Å². The topological polar surface area (TPSA) is 28.4 Å².